The van der Waals surface area contributed by atoms with Gasteiger partial charge in [-0.1, -0.05) is 34.8 Å². The zero-order valence-electron chi connectivity index (χ0n) is 12.7. The van der Waals surface area contributed by atoms with Crippen molar-refractivity contribution in [2.24, 2.45) is 0 Å². The molecule has 2 aromatic rings. The Kier molecular flexibility index (Phi) is 6.74. The van der Waals surface area contributed by atoms with Crippen LogP contribution in [0.1, 0.15) is 5.56 Å². The predicted molar refractivity (Wildman–Crippen MR) is 104 cm³/mol. The maximum Gasteiger partial charge on any atom is 0.266 e. The summed E-state index contributed by atoms with van der Waals surface area (Å²) in [5.41, 5.74) is 0.779. The number of hydrogen-bond donors (Lipinski definition) is 1. The molecule has 2 aromatic carbocycles. The second-order valence-electron chi connectivity index (χ2n) is 4.76. The molecule has 0 fully saturated rings. The maximum absolute atomic E-state index is 12.4. The Bertz CT molecular complexity index is 907. The Hall–Kier alpha value is -1.71. The van der Waals surface area contributed by atoms with E-state index in [2.05, 4.69) is 21.2 Å². The van der Waals surface area contributed by atoms with E-state index in [4.69, 9.17) is 39.5 Å². The first-order valence-electron chi connectivity index (χ1n) is 6.77. The number of methoxy groups -OCH3 is 1. The van der Waals surface area contributed by atoms with Gasteiger partial charge < -0.3 is 10.1 Å². The molecule has 0 aliphatic heterocycles. The van der Waals surface area contributed by atoms with Gasteiger partial charge in [0.05, 0.1) is 21.6 Å². The predicted octanol–water partition coefficient (Wildman–Crippen LogP) is 5.96. The molecule has 128 valence electrons. The molecular formula is C17H10BrCl3N2O2. The normalized spacial score (nSPS) is 11.0. The highest BCUT2D eigenvalue weighted by molar-refractivity contribution is 9.10. The van der Waals surface area contributed by atoms with Crippen molar-refractivity contribution in [1.29, 1.82) is 5.26 Å². The SMILES string of the molecule is COc1c(Br)cc(Cl)cc1/C=C(\C#N)C(=O)Nc1ccc(Cl)c(Cl)c1. The number of anilines is 1. The summed E-state index contributed by atoms with van der Waals surface area (Å²) < 4.78 is 5.89. The summed E-state index contributed by atoms with van der Waals surface area (Å²) in [6.07, 6.45) is 1.39. The van der Waals surface area contributed by atoms with Crippen molar-refractivity contribution in [2.75, 3.05) is 12.4 Å². The van der Waals surface area contributed by atoms with E-state index in [1.54, 1.807) is 24.3 Å². The van der Waals surface area contributed by atoms with E-state index in [1.165, 1.54) is 19.3 Å². The molecule has 0 saturated carbocycles. The number of nitrogens with zero attached hydrogens (tertiary/aromatic N) is 1. The van der Waals surface area contributed by atoms with Crippen molar-refractivity contribution in [3.63, 3.8) is 0 Å². The van der Waals surface area contributed by atoms with E-state index in [0.717, 1.165) is 0 Å². The molecule has 2 rings (SSSR count). The number of ether oxygens (including phenoxy) is 1. The van der Waals surface area contributed by atoms with Crippen LogP contribution in [0, 0.1) is 11.3 Å². The second kappa shape index (κ2) is 8.59. The third-order valence-electron chi connectivity index (χ3n) is 3.08. The van der Waals surface area contributed by atoms with Crippen LogP contribution in [-0.2, 0) is 4.79 Å². The number of halogens is 4. The Morgan fingerprint density at radius 2 is 1.96 bits per heavy atom. The Morgan fingerprint density at radius 1 is 1.24 bits per heavy atom. The van der Waals surface area contributed by atoms with Crippen LogP contribution in [-0.4, -0.2) is 13.0 Å². The molecule has 0 aromatic heterocycles. The molecule has 0 heterocycles. The molecule has 8 heteroatoms. The number of amides is 1. The van der Waals surface area contributed by atoms with E-state index >= 15 is 0 Å². The second-order valence-corrected chi connectivity index (χ2v) is 6.87. The van der Waals surface area contributed by atoms with E-state index in [0.29, 0.717) is 36.5 Å². The molecule has 1 amide bonds. The first kappa shape index (κ1) is 19.6. The van der Waals surface area contributed by atoms with Crippen molar-refractivity contribution >= 4 is 68.4 Å². The number of benzene rings is 2. The van der Waals surface area contributed by atoms with Gasteiger partial charge in [-0.15, -0.1) is 0 Å². The summed E-state index contributed by atoms with van der Waals surface area (Å²) in [5, 5.41) is 13.0. The summed E-state index contributed by atoms with van der Waals surface area (Å²) in [4.78, 5) is 12.4. The van der Waals surface area contributed by atoms with Crippen molar-refractivity contribution in [3.8, 4) is 11.8 Å². The minimum atomic E-state index is -0.598. The zero-order valence-corrected chi connectivity index (χ0v) is 16.6. The summed E-state index contributed by atoms with van der Waals surface area (Å²) >= 11 is 21.1. The highest BCUT2D eigenvalue weighted by Crippen LogP contribution is 2.34. The van der Waals surface area contributed by atoms with Crippen molar-refractivity contribution < 1.29 is 9.53 Å². The smallest absolute Gasteiger partial charge is 0.266 e. The Balaban J connectivity index is 2.36. The standard InChI is InChI=1S/C17H10BrCl3N2O2/c1-25-16-9(5-11(19)6-13(16)18)4-10(8-22)17(24)23-12-2-3-14(20)15(21)7-12/h2-7H,1H3,(H,23,24)/b10-4+. The number of carbonyl (C=O) groups excluding carboxylic acids is 1. The third-order valence-corrected chi connectivity index (χ3v) is 4.63. The van der Waals surface area contributed by atoms with Gasteiger partial charge in [0.1, 0.15) is 17.4 Å². The van der Waals surface area contributed by atoms with Crippen LogP contribution in [0.25, 0.3) is 6.08 Å². The lowest BCUT2D eigenvalue weighted by atomic mass is 10.1. The molecule has 0 atom stereocenters. The summed E-state index contributed by atoms with van der Waals surface area (Å²) in [6, 6.07) is 9.73. The van der Waals surface area contributed by atoms with Crippen molar-refractivity contribution in [1.82, 2.24) is 0 Å². The number of rotatable bonds is 4. The van der Waals surface area contributed by atoms with Gasteiger partial charge in [-0.25, -0.2) is 0 Å². The fourth-order valence-electron chi connectivity index (χ4n) is 1.98. The summed E-state index contributed by atoms with van der Waals surface area (Å²) in [7, 11) is 1.48. The Morgan fingerprint density at radius 3 is 2.56 bits per heavy atom. The number of nitriles is 1. The van der Waals surface area contributed by atoms with Gasteiger partial charge in [-0.05, 0) is 52.3 Å². The maximum atomic E-state index is 12.4. The molecule has 0 bridgehead atoms. The third kappa shape index (κ3) is 4.90. The monoisotopic (exact) mass is 458 g/mol. The largest absolute Gasteiger partial charge is 0.495 e. The highest BCUT2D eigenvalue weighted by Gasteiger charge is 2.14. The van der Waals surface area contributed by atoms with Crippen LogP contribution >= 0.6 is 50.7 Å². The van der Waals surface area contributed by atoms with Gasteiger partial charge in [0.25, 0.3) is 5.91 Å². The fraction of sp³-hybridized carbons (Fsp3) is 0.0588. The lowest BCUT2D eigenvalue weighted by Crippen LogP contribution is -2.13. The van der Waals surface area contributed by atoms with E-state index in [1.807, 2.05) is 6.07 Å². The van der Waals surface area contributed by atoms with Gasteiger partial charge >= 0.3 is 0 Å². The molecule has 0 radical (unpaired) electrons. The highest BCUT2D eigenvalue weighted by atomic mass is 79.9. The first-order chi connectivity index (χ1) is 11.8. The summed E-state index contributed by atoms with van der Waals surface area (Å²) in [5.74, 6) is -0.140. The molecule has 0 unspecified atom stereocenters. The average Bonchev–Trinajstić information content (AvgIpc) is 2.55. The fourth-order valence-corrected chi connectivity index (χ4v) is 3.27. The average molecular weight is 461 g/mol. The van der Waals surface area contributed by atoms with Crippen molar-refractivity contribution in [3.05, 3.63) is 61.0 Å². The number of carbonyl (C=O) groups is 1. The van der Waals surface area contributed by atoms with Gasteiger partial charge in [0.2, 0.25) is 0 Å². The van der Waals surface area contributed by atoms with Crippen LogP contribution in [0.5, 0.6) is 5.75 Å². The van der Waals surface area contributed by atoms with Crippen LogP contribution in [0.3, 0.4) is 0 Å². The quantitative estimate of drug-likeness (QED) is 0.452. The minimum Gasteiger partial charge on any atom is -0.495 e. The van der Waals surface area contributed by atoms with E-state index < -0.39 is 5.91 Å². The topological polar surface area (TPSA) is 62.1 Å². The van der Waals surface area contributed by atoms with Gasteiger partial charge in [-0.3, -0.25) is 4.79 Å². The first-order valence-corrected chi connectivity index (χ1v) is 8.69. The van der Waals surface area contributed by atoms with E-state index in [9.17, 15) is 10.1 Å². The van der Waals surface area contributed by atoms with Crippen LogP contribution < -0.4 is 10.1 Å². The van der Waals surface area contributed by atoms with Gasteiger partial charge in [-0.2, -0.15) is 5.26 Å². The van der Waals surface area contributed by atoms with Crippen molar-refractivity contribution in [2.45, 2.75) is 0 Å². The molecule has 0 spiro atoms. The number of hydrogen-bond acceptors (Lipinski definition) is 3. The van der Waals surface area contributed by atoms with E-state index in [-0.39, 0.29) is 5.57 Å². The minimum absolute atomic E-state index is 0.126. The number of nitrogens with one attached hydrogen (secondary N) is 1. The van der Waals surface area contributed by atoms with Crippen LogP contribution in [0.2, 0.25) is 15.1 Å². The Labute approximate surface area is 168 Å². The molecule has 1 N–H and O–H groups in total. The molecule has 0 saturated heterocycles. The lowest BCUT2D eigenvalue weighted by molar-refractivity contribution is -0.112. The molecule has 4 nitrogen and oxygen atoms in total. The molecular weight excluding hydrogens is 450 g/mol. The zero-order chi connectivity index (χ0) is 18.6. The molecule has 0 aliphatic carbocycles. The molecule has 25 heavy (non-hydrogen) atoms. The van der Waals surface area contributed by atoms with Crippen LogP contribution in [0.15, 0.2) is 40.4 Å². The van der Waals surface area contributed by atoms with Crippen LogP contribution in [0.4, 0.5) is 5.69 Å². The summed E-state index contributed by atoms with van der Waals surface area (Å²) in [6.45, 7) is 0. The molecule has 0 aliphatic rings. The van der Waals surface area contributed by atoms with Gasteiger partial charge in [0, 0.05) is 16.3 Å². The lowest BCUT2D eigenvalue weighted by Gasteiger charge is -2.09. The van der Waals surface area contributed by atoms with Gasteiger partial charge in [0.15, 0.2) is 0 Å².